The number of anilines is 1. The Morgan fingerprint density at radius 1 is 1.21 bits per heavy atom. The molecule has 4 heterocycles. The summed E-state index contributed by atoms with van der Waals surface area (Å²) in [5.74, 6) is -0.125. The van der Waals surface area contributed by atoms with Crippen LogP contribution in [0.4, 0.5) is 5.69 Å². The van der Waals surface area contributed by atoms with Gasteiger partial charge in [-0.25, -0.2) is 0 Å². The molecule has 0 bridgehead atoms. The molecule has 0 saturated carbocycles. The van der Waals surface area contributed by atoms with Crippen molar-refractivity contribution in [2.75, 3.05) is 18.4 Å². The highest BCUT2D eigenvalue weighted by Gasteiger charge is 2.51. The number of rotatable bonds is 2. The van der Waals surface area contributed by atoms with Crippen LogP contribution in [-0.4, -0.2) is 44.6 Å². The zero-order valence-corrected chi connectivity index (χ0v) is 16.1. The van der Waals surface area contributed by atoms with Crippen LogP contribution in [-0.2, 0) is 17.3 Å². The number of nitrogens with zero attached hydrogens (tertiary/aromatic N) is 4. The number of nitrogens with one attached hydrogen (secondary N) is 1. The molecular formula is C22H21N5O2. The lowest BCUT2D eigenvalue weighted by Crippen LogP contribution is -2.52. The molecule has 146 valence electrons. The molecule has 1 spiro atoms. The Bertz CT molecular complexity index is 1120. The van der Waals surface area contributed by atoms with E-state index >= 15 is 0 Å². The third-order valence-electron chi connectivity index (χ3n) is 5.87. The third-order valence-corrected chi connectivity index (χ3v) is 5.87. The summed E-state index contributed by atoms with van der Waals surface area (Å²) >= 11 is 0. The average Bonchev–Trinajstić information content (AvgIpc) is 3.30. The van der Waals surface area contributed by atoms with Crippen LogP contribution in [0, 0.1) is 0 Å². The number of fused-ring (bicyclic) bond motifs is 2. The zero-order chi connectivity index (χ0) is 20.0. The molecule has 3 aromatic rings. The number of likely N-dealkylation sites (tertiary alicyclic amines) is 1. The predicted octanol–water partition coefficient (Wildman–Crippen LogP) is 2.61. The summed E-state index contributed by atoms with van der Waals surface area (Å²) in [6, 6.07) is 11.2. The average molecular weight is 387 g/mol. The third kappa shape index (κ3) is 2.81. The molecule has 1 unspecified atom stereocenters. The number of piperidine rings is 1. The molecule has 2 amide bonds. The lowest BCUT2D eigenvalue weighted by molar-refractivity contribution is -0.122. The maximum Gasteiger partial charge on any atom is 0.253 e. The fraction of sp³-hybridized carbons (Fsp3) is 0.273. The predicted molar refractivity (Wildman–Crippen MR) is 108 cm³/mol. The molecule has 1 atom stereocenters. The summed E-state index contributed by atoms with van der Waals surface area (Å²) in [7, 11) is 1.87. The Morgan fingerprint density at radius 2 is 2.10 bits per heavy atom. The van der Waals surface area contributed by atoms with Crippen molar-refractivity contribution in [3.8, 4) is 11.1 Å². The van der Waals surface area contributed by atoms with Crippen LogP contribution < -0.4 is 5.32 Å². The van der Waals surface area contributed by atoms with Gasteiger partial charge in [0.1, 0.15) is 5.41 Å². The van der Waals surface area contributed by atoms with Crippen molar-refractivity contribution in [1.29, 1.82) is 0 Å². The van der Waals surface area contributed by atoms with Gasteiger partial charge in [-0.1, -0.05) is 12.1 Å². The Balaban J connectivity index is 1.45. The highest BCUT2D eigenvalue weighted by Crippen LogP contribution is 2.42. The Labute approximate surface area is 168 Å². The van der Waals surface area contributed by atoms with Gasteiger partial charge in [0.15, 0.2) is 0 Å². The zero-order valence-electron chi connectivity index (χ0n) is 16.1. The van der Waals surface area contributed by atoms with Crippen molar-refractivity contribution < 1.29 is 9.59 Å². The van der Waals surface area contributed by atoms with Gasteiger partial charge >= 0.3 is 0 Å². The van der Waals surface area contributed by atoms with Crippen LogP contribution in [0.1, 0.15) is 28.9 Å². The highest BCUT2D eigenvalue weighted by molar-refractivity contribution is 6.06. The van der Waals surface area contributed by atoms with Crippen molar-refractivity contribution >= 4 is 17.5 Å². The van der Waals surface area contributed by atoms with Crippen LogP contribution in [0.15, 0.2) is 55.0 Å². The van der Waals surface area contributed by atoms with E-state index in [1.165, 1.54) is 0 Å². The number of hydrogen-bond acceptors (Lipinski definition) is 4. The Hall–Kier alpha value is -3.48. The van der Waals surface area contributed by atoms with Gasteiger partial charge in [-0.3, -0.25) is 19.3 Å². The molecule has 0 aliphatic carbocycles. The first-order valence-corrected chi connectivity index (χ1v) is 9.72. The van der Waals surface area contributed by atoms with Gasteiger partial charge in [0.25, 0.3) is 5.91 Å². The van der Waals surface area contributed by atoms with Gasteiger partial charge in [-0.15, -0.1) is 0 Å². The number of pyridine rings is 1. The van der Waals surface area contributed by atoms with Crippen molar-refractivity contribution in [2.24, 2.45) is 7.05 Å². The molecule has 1 aromatic carbocycles. The first kappa shape index (κ1) is 17.6. The number of benzene rings is 1. The Morgan fingerprint density at radius 3 is 2.93 bits per heavy atom. The maximum atomic E-state index is 13.3. The van der Waals surface area contributed by atoms with E-state index in [0.29, 0.717) is 25.1 Å². The van der Waals surface area contributed by atoms with Crippen LogP contribution in [0.5, 0.6) is 0 Å². The van der Waals surface area contributed by atoms with E-state index in [1.54, 1.807) is 22.0 Å². The van der Waals surface area contributed by atoms with E-state index in [2.05, 4.69) is 15.4 Å². The molecule has 1 fully saturated rings. The molecule has 1 saturated heterocycles. The standard InChI is InChI=1S/C22H21N5O2/c1-26-13-17(12-24-26)15-5-2-6-16(11-15)20(28)27-10-4-8-22(14-27)19-18(25-21(22)29)7-3-9-23-19/h2-3,5-7,9,11-13H,4,8,10,14H2,1H3,(H,25,29). The van der Waals surface area contributed by atoms with Crippen molar-refractivity contribution in [2.45, 2.75) is 18.3 Å². The first-order valence-electron chi connectivity index (χ1n) is 9.72. The summed E-state index contributed by atoms with van der Waals surface area (Å²) < 4.78 is 1.74. The lowest BCUT2D eigenvalue weighted by atomic mass is 9.77. The molecular weight excluding hydrogens is 366 g/mol. The second kappa shape index (κ2) is 6.55. The van der Waals surface area contributed by atoms with Gasteiger partial charge in [0.05, 0.1) is 17.6 Å². The second-order valence-electron chi connectivity index (χ2n) is 7.75. The van der Waals surface area contributed by atoms with E-state index in [-0.39, 0.29) is 11.8 Å². The number of carbonyl (C=O) groups is 2. The van der Waals surface area contributed by atoms with Crippen molar-refractivity contribution in [3.05, 3.63) is 66.2 Å². The van der Waals surface area contributed by atoms with Crippen LogP contribution >= 0.6 is 0 Å². The van der Waals surface area contributed by atoms with Crippen LogP contribution in [0.3, 0.4) is 0 Å². The molecule has 7 nitrogen and oxygen atoms in total. The van der Waals surface area contributed by atoms with Gasteiger partial charge in [-0.05, 0) is 42.7 Å². The summed E-state index contributed by atoms with van der Waals surface area (Å²) in [6.45, 7) is 0.978. The van der Waals surface area contributed by atoms with E-state index in [0.717, 1.165) is 28.9 Å². The van der Waals surface area contributed by atoms with E-state index < -0.39 is 5.41 Å². The minimum Gasteiger partial charge on any atom is -0.337 e. The molecule has 29 heavy (non-hydrogen) atoms. The fourth-order valence-corrected chi connectivity index (χ4v) is 4.43. The van der Waals surface area contributed by atoms with Gasteiger partial charge in [0.2, 0.25) is 5.91 Å². The topological polar surface area (TPSA) is 80.1 Å². The minimum atomic E-state index is -0.758. The monoisotopic (exact) mass is 387 g/mol. The van der Waals surface area contributed by atoms with Crippen molar-refractivity contribution in [3.63, 3.8) is 0 Å². The molecule has 5 rings (SSSR count). The SMILES string of the molecule is Cn1cc(-c2cccc(C(=O)N3CCCC4(C3)C(=O)Nc3cccnc34)c2)cn1. The fourth-order valence-electron chi connectivity index (χ4n) is 4.43. The smallest absolute Gasteiger partial charge is 0.253 e. The molecule has 2 aliphatic heterocycles. The van der Waals surface area contributed by atoms with E-state index in [1.807, 2.05) is 49.6 Å². The number of hydrogen-bond donors (Lipinski definition) is 1. The van der Waals surface area contributed by atoms with Crippen LogP contribution in [0.2, 0.25) is 0 Å². The van der Waals surface area contributed by atoms with E-state index in [9.17, 15) is 9.59 Å². The number of amides is 2. The normalized spacial score (nSPS) is 20.6. The summed E-state index contributed by atoms with van der Waals surface area (Å²) in [5, 5.41) is 7.15. The highest BCUT2D eigenvalue weighted by atomic mass is 16.2. The Kier molecular flexibility index (Phi) is 3.97. The van der Waals surface area contributed by atoms with Gasteiger partial charge < -0.3 is 10.2 Å². The van der Waals surface area contributed by atoms with Gasteiger partial charge in [0, 0.05) is 43.7 Å². The summed E-state index contributed by atoms with van der Waals surface area (Å²) in [5.41, 5.74) is 3.28. The quantitative estimate of drug-likeness (QED) is 0.733. The lowest BCUT2D eigenvalue weighted by Gasteiger charge is -2.38. The molecule has 0 radical (unpaired) electrons. The first-order chi connectivity index (χ1) is 14.1. The number of aryl methyl sites for hydroxylation is 1. The van der Waals surface area contributed by atoms with Crippen molar-refractivity contribution in [1.82, 2.24) is 19.7 Å². The molecule has 2 aliphatic rings. The van der Waals surface area contributed by atoms with E-state index in [4.69, 9.17) is 0 Å². The summed E-state index contributed by atoms with van der Waals surface area (Å²) in [6.07, 6.45) is 6.87. The molecule has 2 aromatic heterocycles. The molecule has 7 heteroatoms. The largest absolute Gasteiger partial charge is 0.337 e. The summed E-state index contributed by atoms with van der Waals surface area (Å²) in [4.78, 5) is 32.4. The minimum absolute atomic E-state index is 0.0622. The van der Waals surface area contributed by atoms with Crippen LogP contribution in [0.25, 0.3) is 11.1 Å². The van der Waals surface area contributed by atoms with Gasteiger partial charge in [-0.2, -0.15) is 5.10 Å². The maximum absolute atomic E-state index is 13.3. The molecule has 1 N–H and O–H groups in total. The number of carbonyl (C=O) groups excluding carboxylic acids is 2. The second-order valence-corrected chi connectivity index (χ2v) is 7.75. The number of aromatic nitrogens is 3.